The molecule has 4 heterocycles. The normalized spacial score (nSPS) is 13.8. The number of carbonyl (C=O) groups excluding carboxylic acids is 5. The second-order valence-electron chi connectivity index (χ2n) is 28.2. The molecular weight excluding hydrogens is 1280 g/mol. The standard InChI is InChI=1S/C35H56ClN7O7S2.C29H42ClN7O4/c1-12-13-14-15-16-17-18-26(50-25-20-19-23(51(10,46)47)21-24(25)37-30(44)22(2)42-52(11,48)49)31(45)38-35(8,9)34(6,7)32-40-39-29-27(36)28(33(3,4)5)41-43(29)32;1-16-11-12-19(32-21(39)13-14-31-18(3)38)20(15-16)41-17(2)25(40)33-29(9,10)28(7,8)26-35-34-24-22(30)23(27(4,5)6)36-37(24)26/h19-22,26,41-42H,12-18H2,1-11H3,(H,37,44)(H,38,45);11-12,15,17,36H,13-14H2,1-10H3,(H,31,38)(H,32,39)(H,33,40). The van der Waals surface area contributed by atoms with Gasteiger partial charge in [-0.15, -0.1) is 20.4 Å². The van der Waals surface area contributed by atoms with Crippen LogP contribution in [0.5, 0.6) is 11.5 Å². The smallest absolute Gasteiger partial charge is 0.261 e. The van der Waals surface area contributed by atoms with Crippen molar-refractivity contribution in [3.05, 3.63) is 75.0 Å². The lowest BCUT2D eigenvalue weighted by atomic mass is 9.73. The molecule has 29 heteroatoms. The third kappa shape index (κ3) is 19.4. The number of amides is 5. The van der Waals surface area contributed by atoms with Gasteiger partial charge >= 0.3 is 0 Å². The van der Waals surface area contributed by atoms with Crippen LogP contribution < -0.4 is 40.8 Å². The van der Waals surface area contributed by atoms with Crippen LogP contribution in [0, 0.1) is 6.92 Å². The van der Waals surface area contributed by atoms with Crippen molar-refractivity contribution in [2.24, 2.45) is 0 Å². The third-order valence-electron chi connectivity index (χ3n) is 16.8. The summed E-state index contributed by atoms with van der Waals surface area (Å²) in [7, 11) is -7.43. The maximum atomic E-state index is 14.3. The van der Waals surface area contributed by atoms with Gasteiger partial charge in [-0.3, -0.25) is 34.2 Å². The lowest BCUT2D eigenvalue weighted by Gasteiger charge is -2.41. The summed E-state index contributed by atoms with van der Waals surface area (Å²) in [6, 6.07) is 8.07. The van der Waals surface area contributed by atoms with Crippen molar-refractivity contribution in [2.45, 2.75) is 239 Å². The molecule has 3 atom stereocenters. The lowest BCUT2D eigenvalue weighted by Crippen LogP contribution is -2.59. The number of aromatic amines is 2. The van der Waals surface area contributed by atoms with Crippen LogP contribution in [-0.2, 0) is 65.5 Å². The van der Waals surface area contributed by atoms with Crippen molar-refractivity contribution in [1.82, 2.24) is 60.3 Å². The van der Waals surface area contributed by atoms with Crippen molar-refractivity contribution in [2.75, 3.05) is 29.7 Å². The molecule has 25 nitrogen and oxygen atoms in total. The summed E-state index contributed by atoms with van der Waals surface area (Å²) in [6.07, 6.45) is 6.28. The zero-order chi connectivity index (χ0) is 70.4. The summed E-state index contributed by atoms with van der Waals surface area (Å²) in [5.74, 6) is -0.424. The molecule has 2 aromatic carbocycles. The Bertz CT molecular complexity index is 3910. The molecule has 0 saturated carbocycles. The molecule has 4 aromatic heterocycles. The van der Waals surface area contributed by atoms with Crippen molar-refractivity contribution in [3.8, 4) is 11.5 Å². The Labute approximate surface area is 557 Å². The van der Waals surface area contributed by atoms with Gasteiger partial charge < -0.3 is 36.1 Å². The highest BCUT2D eigenvalue weighted by Crippen LogP contribution is 2.40. The maximum Gasteiger partial charge on any atom is 0.261 e. The zero-order valence-corrected chi connectivity index (χ0v) is 61.0. The van der Waals surface area contributed by atoms with Crippen LogP contribution in [0.4, 0.5) is 11.4 Å². The van der Waals surface area contributed by atoms with Gasteiger partial charge in [0, 0.05) is 58.9 Å². The van der Waals surface area contributed by atoms with E-state index in [1.165, 1.54) is 32.0 Å². The Morgan fingerprint density at radius 1 is 0.624 bits per heavy atom. The first-order valence-corrected chi connectivity index (χ1v) is 35.7. The number of nitrogens with one attached hydrogen (secondary N) is 8. The summed E-state index contributed by atoms with van der Waals surface area (Å²) in [6.45, 7) is 36.4. The van der Waals surface area contributed by atoms with Crippen LogP contribution in [0.15, 0.2) is 41.3 Å². The number of unbranched alkanes of at least 4 members (excludes halogenated alkanes) is 5. The number of sulfonamides is 1. The topological polar surface area (TPSA) is 336 Å². The molecule has 3 unspecified atom stereocenters. The van der Waals surface area contributed by atoms with E-state index in [4.69, 9.17) is 32.7 Å². The van der Waals surface area contributed by atoms with E-state index in [1.807, 2.05) is 89.2 Å². The second-order valence-corrected chi connectivity index (χ2v) is 32.7. The molecule has 0 radical (unpaired) electrons. The number of sulfone groups is 1. The fraction of sp³-hybridized carbons (Fsp3) is 0.609. The lowest BCUT2D eigenvalue weighted by molar-refractivity contribution is -0.131. The number of aryl methyl sites for hydroxylation is 1. The molecule has 8 N–H and O–H groups in total. The third-order valence-corrected chi connectivity index (χ3v) is 19.4. The number of fused-ring (bicyclic) bond motifs is 2. The fourth-order valence-corrected chi connectivity index (χ4v) is 12.1. The molecule has 0 saturated heterocycles. The molecule has 5 amide bonds. The Kier molecular flexibility index (Phi) is 24.7. The minimum absolute atomic E-state index is 0.0282. The van der Waals surface area contributed by atoms with Gasteiger partial charge in [-0.25, -0.2) is 30.6 Å². The first-order chi connectivity index (χ1) is 42.6. The van der Waals surface area contributed by atoms with Crippen molar-refractivity contribution in [1.29, 1.82) is 0 Å². The predicted octanol–water partition coefficient (Wildman–Crippen LogP) is 10.1. The molecule has 0 aliphatic carbocycles. The number of H-pyrrole nitrogens is 2. The summed E-state index contributed by atoms with van der Waals surface area (Å²) >= 11 is 13.3. The van der Waals surface area contributed by atoms with Crippen molar-refractivity contribution < 1.29 is 50.3 Å². The summed E-state index contributed by atoms with van der Waals surface area (Å²) in [5, 5.41) is 39.6. The molecule has 6 rings (SSSR count). The molecule has 0 aliphatic heterocycles. The van der Waals surface area contributed by atoms with E-state index in [0.717, 1.165) is 61.6 Å². The van der Waals surface area contributed by atoms with Crippen molar-refractivity contribution >= 4 is 95.3 Å². The van der Waals surface area contributed by atoms with Crippen LogP contribution in [0.25, 0.3) is 11.3 Å². The fourth-order valence-electron chi connectivity index (χ4n) is 9.78. The van der Waals surface area contributed by atoms with E-state index in [9.17, 15) is 40.8 Å². The largest absolute Gasteiger partial charge is 0.479 e. The van der Waals surface area contributed by atoms with Crippen molar-refractivity contribution in [3.63, 3.8) is 0 Å². The summed E-state index contributed by atoms with van der Waals surface area (Å²) in [4.78, 5) is 64.1. The minimum Gasteiger partial charge on any atom is -0.479 e. The van der Waals surface area contributed by atoms with E-state index in [2.05, 4.69) is 89.6 Å². The number of hydrogen-bond donors (Lipinski definition) is 8. The van der Waals surface area contributed by atoms with Gasteiger partial charge in [-0.2, -0.15) is 0 Å². The Balaban J connectivity index is 0.000000347. The number of hydrogen-bond acceptors (Lipinski definition) is 15. The monoisotopic (exact) mass is 1370 g/mol. The Morgan fingerprint density at radius 2 is 1.13 bits per heavy atom. The van der Waals surface area contributed by atoms with Crippen LogP contribution in [-0.4, -0.2) is 134 Å². The van der Waals surface area contributed by atoms with Gasteiger partial charge in [-0.1, -0.05) is 138 Å². The average Bonchev–Trinajstić information content (AvgIpc) is 1.61. The average molecular weight is 1370 g/mol. The molecule has 0 aliphatic rings. The van der Waals surface area contributed by atoms with Crippen LogP contribution >= 0.6 is 23.2 Å². The molecule has 0 spiro atoms. The summed E-state index contributed by atoms with van der Waals surface area (Å²) < 4.78 is 66.6. The number of benzene rings is 2. The SMILES string of the molecule is CC(=O)NCCC(=O)Nc1ccc(C)cc1OC(C)C(=O)NC(C)(C)C(C)(C)c1nnc2c(Cl)c(C(C)(C)C)[nH]n12.CCCCCCCCC(Oc1ccc(S(C)(=O)=O)cc1NC(=O)C(C)NS(C)(=O)=O)C(=O)NC(C)(C)C(C)(C)c1nnc2c(Cl)c(C(C)(C)C)[nH]n12. The van der Waals surface area contributed by atoms with Crippen LogP contribution in [0.1, 0.15) is 205 Å². The minimum atomic E-state index is -3.73. The number of halogens is 2. The molecule has 6 aromatic rings. The number of ether oxygens (including phenoxy) is 2. The van der Waals surface area contributed by atoms with Crippen LogP contribution in [0.3, 0.4) is 0 Å². The zero-order valence-electron chi connectivity index (χ0n) is 57.8. The first kappa shape index (κ1) is 76.9. The molecular formula is C64H98Cl2N14O11S2. The highest BCUT2D eigenvalue weighted by molar-refractivity contribution is 7.90. The van der Waals surface area contributed by atoms with Gasteiger partial charge in [0.1, 0.15) is 21.5 Å². The highest BCUT2D eigenvalue weighted by Gasteiger charge is 2.47. The predicted molar refractivity (Wildman–Crippen MR) is 364 cm³/mol. The van der Waals surface area contributed by atoms with Crippen LogP contribution in [0.2, 0.25) is 10.0 Å². The first-order valence-electron chi connectivity index (χ1n) is 31.2. The van der Waals surface area contributed by atoms with Gasteiger partial charge in [0.05, 0.1) is 40.0 Å². The van der Waals surface area contributed by atoms with E-state index >= 15 is 0 Å². The second kappa shape index (κ2) is 29.9. The van der Waals surface area contributed by atoms with E-state index in [1.54, 1.807) is 28.1 Å². The molecule has 0 bridgehead atoms. The van der Waals surface area contributed by atoms with Gasteiger partial charge in [0.2, 0.25) is 27.7 Å². The van der Waals surface area contributed by atoms with E-state index in [-0.39, 0.29) is 57.8 Å². The molecule has 93 heavy (non-hydrogen) atoms. The van der Waals surface area contributed by atoms with Gasteiger partial charge in [0.15, 0.2) is 45.0 Å². The van der Waals surface area contributed by atoms with Gasteiger partial charge in [-0.05, 0) is 97.2 Å². The number of aromatic nitrogens is 8. The Morgan fingerprint density at radius 3 is 1.61 bits per heavy atom. The Hall–Kier alpha value is -6.81. The number of carbonyl (C=O) groups is 5. The summed E-state index contributed by atoms with van der Waals surface area (Å²) in [5.41, 5.74) is 0.232. The van der Waals surface area contributed by atoms with E-state index in [0.29, 0.717) is 57.3 Å². The number of anilines is 2. The highest BCUT2D eigenvalue weighted by atomic mass is 35.5. The quantitative estimate of drug-likeness (QED) is 0.0212. The maximum absolute atomic E-state index is 14.3. The molecule has 516 valence electrons. The number of rotatable bonds is 28. The number of nitrogens with zero attached hydrogens (tertiary/aromatic N) is 6. The van der Waals surface area contributed by atoms with Gasteiger partial charge in [0.25, 0.3) is 11.8 Å². The van der Waals surface area contributed by atoms with E-state index < -0.39 is 71.8 Å². The molecule has 0 fully saturated rings.